The van der Waals surface area contributed by atoms with Crippen molar-refractivity contribution in [3.63, 3.8) is 0 Å². The van der Waals surface area contributed by atoms with Gasteiger partial charge in [0.05, 0.1) is 11.9 Å². The quantitative estimate of drug-likeness (QED) is 0.788. The van der Waals surface area contributed by atoms with Gasteiger partial charge in [-0.3, -0.25) is 4.57 Å². The number of alkyl halides is 2. The summed E-state index contributed by atoms with van der Waals surface area (Å²) in [5.74, 6) is 0.995. The van der Waals surface area contributed by atoms with Crippen molar-refractivity contribution in [3.8, 4) is 0 Å². The molecule has 23 heavy (non-hydrogen) atoms. The van der Waals surface area contributed by atoms with Crippen LogP contribution in [0.2, 0.25) is 0 Å². The Morgan fingerprint density at radius 2 is 2.09 bits per heavy atom. The first-order chi connectivity index (χ1) is 11.2. The molecule has 0 saturated heterocycles. The molecule has 8 heteroatoms. The van der Waals surface area contributed by atoms with Gasteiger partial charge in [0.1, 0.15) is 22.8 Å². The van der Waals surface area contributed by atoms with Crippen LogP contribution in [0.15, 0.2) is 18.7 Å². The Hall–Kier alpha value is -2.09. The molecule has 0 aromatic carbocycles. The van der Waals surface area contributed by atoms with Crippen LogP contribution in [-0.4, -0.2) is 19.5 Å². The Morgan fingerprint density at radius 3 is 2.96 bits per heavy atom. The van der Waals surface area contributed by atoms with Crippen molar-refractivity contribution in [2.24, 2.45) is 0 Å². The van der Waals surface area contributed by atoms with Gasteiger partial charge in [0.25, 0.3) is 0 Å². The molecule has 3 aromatic heterocycles. The van der Waals surface area contributed by atoms with E-state index in [0.29, 0.717) is 5.82 Å². The summed E-state index contributed by atoms with van der Waals surface area (Å²) in [6.45, 7) is -2.39. The molecule has 3 aromatic rings. The van der Waals surface area contributed by atoms with Gasteiger partial charge in [0.2, 0.25) is 0 Å². The van der Waals surface area contributed by atoms with E-state index in [1.165, 1.54) is 42.0 Å². The third-order valence-corrected chi connectivity index (χ3v) is 5.32. The molecule has 0 spiro atoms. The number of thiophene rings is 1. The minimum atomic E-state index is -2.59. The van der Waals surface area contributed by atoms with Crippen molar-refractivity contribution in [2.75, 3.05) is 5.32 Å². The lowest BCUT2D eigenvalue weighted by molar-refractivity contribution is 0.0673. The summed E-state index contributed by atoms with van der Waals surface area (Å²) in [4.78, 5) is 15.0. The van der Waals surface area contributed by atoms with Crippen molar-refractivity contribution in [1.29, 1.82) is 0 Å². The summed E-state index contributed by atoms with van der Waals surface area (Å²) < 4.78 is 26.6. The van der Waals surface area contributed by atoms with Crippen LogP contribution in [0, 0.1) is 0 Å². The van der Waals surface area contributed by atoms with Gasteiger partial charge in [-0.2, -0.15) is 8.78 Å². The molecule has 1 aliphatic rings. The molecule has 0 fully saturated rings. The molecule has 0 atom stereocenters. The number of imidazole rings is 1. The number of nitrogens with one attached hydrogen (secondary N) is 1. The van der Waals surface area contributed by atoms with E-state index in [1.54, 1.807) is 11.3 Å². The molecule has 3 heterocycles. The van der Waals surface area contributed by atoms with E-state index in [9.17, 15) is 8.78 Å². The van der Waals surface area contributed by atoms with Gasteiger partial charge in [0, 0.05) is 17.3 Å². The average Bonchev–Trinajstić information content (AvgIpc) is 3.17. The maximum Gasteiger partial charge on any atom is 0.319 e. The zero-order valence-corrected chi connectivity index (χ0v) is 13.1. The Labute approximate surface area is 135 Å². The highest BCUT2D eigenvalue weighted by molar-refractivity contribution is 7.19. The highest BCUT2D eigenvalue weighted by atomic mass is 32.1. The Morgan fingerprint density at radius 1 is 1.22 bits per heavy atom. The molecule has 0 bridgehead atoms. The van der Waals surface area contributed by atoms with Crippen LogP contribution in [0.4, 0.5) is 14.6 Å². The van der Waals surface area contributed by atoms with Gasteiger partial charge >= 0.3 is 6.55 Å². The van der Waals surface area contributed by atoms with Crippen molar-refractivity contribution in [3.05, 3.63) is 35.0 Å². The number of rotatable bonds is 4. The number of hydrogen-bond acceptors (Lipinski definition) is 5. The highest BCUT2D eigenvalue weighted by Crippen LogP contribution is 2.38. The molecule has 1 aliphatic carbocycles. The number of anilines is 1. The molecule has 0 unspecified atom stereocenters. The van der Waals surface area contributed by atoms with Gasteiger partial charge in [-0.25, -0.2) is 15.0 Å². The molecule has 1 N–H and O–H groups in total. The highest BCUT2D eigenvalue weighted by Gasteiger charge is 2.20. The summed E-state index contributed by atoms with van der Waals surface area (Å²) in [6.07, 6.45) is 8.68. The second kappa shape index (κ2) is 5.84. The maximum atomic E-state index is 12.9. The summed E-state index contributed by atoms with van der Waals surface area (Å²) >= 11 is 1.71. The first-order valence-electron chi connectivity index (χ1n) is 7.53. The van der Waals surface area contributed by atoms with E-state index in [2.05, 4.69) is 20.3 Å². The topological polar surface area (TPSA) is 55.6 Å². The number of hydrogen-bond donors (Lipinski definition) is 1. The monoisotopic (exact) mass is 335 g/mol. The molecular formula is C15H15F2N5S. The van der Waals surface area contributed by atoms with Crippen molar-refractivity contribution >= 4 is 27.4 Å². The SMILES string of the molecule is FC(F)n1ccnc1CNc1ncnc2sc3c(c12)CCCC3. The predicted molar refractivity (Wildman–Crippen MR) is 84.9 cm³/mol. The first kappa shape index (κ1) is 14.5. The number of aromatic nitrogens is 4. The summed E-state index contributed by atoms with van der Waals surface area (Å²) in [5.41, 5.74) is 1.32. The van der Waals surface area contributed by atoms with Crippen LogP contribution in [0.1, 0.15) is 35.7 Å². The smallest absolute Gasteiger partial charge is 0.319 e. The van der Waals surface area contributed by atoms with Gasteiger partial charge in [-0.1, -0.05) is 0 Å². The third kappa shape index (κ3) is 2.56. The zero-order valence-electron chi connectivity index (χ0n) is 12.3. The van der Waals surface area contributed by atoms with Crippen LogP contribution in [0.25, 0.3) is 10.2 Å². The normalized spacial score (nSPS) is 14.4. The third-order valence-electron chi connectivity index (χ3n) is 4.12. The fourth-order valence-corrected chi connectivity index (χ4v) is 4.27. The molecule has 0 amide bonds. The van der Waals surface area contributed by atoms with Gasteiger partial charge in [-0.05, 0) is 31.2 Å². The maximum absolute atomic E-state index is 12.9. The second-order valence-corrected chi connectivity index (χ2v) is 6.58. The summed E-state index contributed by atoms with van der Waals surface area (Å²) in [5, 5.41) is 4.20. The second-order valence-electron chi connectivity index (χ2n) is 5.50. The minimum absolute atomic E-state index is 0.202. The Balaban J connectivity index is 1.66. The summed E-state index contributed by atoms with van der Waals surface area (Å²) in [6, 6.07) is 0. The first-order valence-corrected chi connectivity index (χ1v) is 8.34. The van der Waals surface area contributed by atoms with Gasteiger partial charge in [0.15, 0.2) is 0 Å². The number of halogens is 2. The minimum Gasteiger partial charge on any atom is -0.362 e. The van der Waals surface area contributed by atoms with E-state index in [4.69, 9.17) is 0 Å². The number of aryl methyl sites for hydroxylation is 2. The fraction of sp³-hybridized carbons (Fsp3) is 0.400. The fourth-order valence-electron chi connectivity index (χ4n) is 3.05. The lowest BCUT2D eigenvalue weighted by Gasteiger charge is -2.12. The largest absolute Gasteiger partial charge is 0.362 e. The van der Waals surface area contributed by atoms with E-state index >= 15 is 0 Å². The van der Waals surface area contributed by atoms with Crippen LogP contribution in [-0.2, 0) is 19.4 Å². The van der Waals surface area contributed by atoms with Crippen molar-refractivity contribution < 1.29 is 8.78 Å². The van der Waals surface area contributed by atoms with Crippen molar-refractivity contribution in [2.45, 2.75) is 38.8 Å². The zero-order chi connectivity index (χ0) is 15.8. The van der Waals surface area contributed by atoms with Crippen LogP contribution < -0.4 is 5.32 Å². The molecular weight excluding hydrogens is 320 g/mol. The molecule has 0 saturated carbocycles. The van der Waals surface area contributed by atoms with Gasteiger partial charge in [-0.15, -0.1) is 11.3 Å². The van der Waals surface area contributed by atoms with Crippen molar-refractivity contribution in [1.82, 2.24) is 19.5 Å². The Bertz CT molecular complexity index is 842. The van der Waals surface area contributed by atoms with E-state index in [0.717, 1.165) is 27.6 Å². The molecule has 0 aliphatic heterocycles. The van der Waals surface area contributed by atoms with Crippen LogP contribution in [0.5, 0.6) is 0 Å². The molecule has 0 radical (unpaired) electrons. The molecule has 5 nitrogen and oxygen atoms in total. The molecule has 120 valence electrons. The predicted octanol–water partition coefficient (Wildman–Crippen LogP) is 3.77. The standard InChI is InChI=1S/C15H15F2N5S/c16-15(17)22-6-5-18-11(22)7-19-13-12-9-3-1-2-4-10(9)23-14(12)21-8-20-13/h5-6,8,15H,1-4,7H2,(H,19,20,21). The lowest BCUT2D eigenvalue weighted by atomic mass is 9.97. The number of nitrogens with zero attached hydrogens (tertiary/aromatic N) is 4. The van der Waals surface area contributed by atoms with E-state index in [1.807, 2.05) is 0 Å². The number of fused-ring (bicyclic) bond motifs is 3. The van der Waals surface area contributed by atoms with E-state index in [-0.39, 0.29) is 12.4 Å². The average molecular weight is 335 g/mol. The van der Waals surface area contributed by atoms with Crippen LogP contribution >= 0.6 is 11.3 Å². The molecule has 4 rings (SSSR count). The van der Waals surface area contributed by atoms with Gasteiger partial charge < -0.3 is 5.32 Å². The van der Waals surface area contributed by atoms with E-state index < -0.39 is 6.55 Å². The summed E-state index contributed by atoms with van der Waals surface area (Å²) in [7, 11) is 0. The van der Waals surface area contributed by atoms with Crippen LogP contribution in [0.3, 0.4) is 0 Å². The lowest BCUT2D eigenvalue weighted by Crippen LogP contribution is -2.10. The Kier molecular flexibility index (Phi) is 3.68.